The molecule has 1 fully saturated rings. The van der Waals surface area contributed by atoms with Crippen LogP contribution in [0, 0.1) is 11.3 Å². The van der Waals surface area contributed by atoms with Crippen molar-refractivity contribution in [3.63, 3.8) is 0 Å². The summed E-state index contributed by atoms with van der Waals surface area (Å²) in [5.74, 6) is 1.23. The highest BCUT2D eigenvalue weighted by atomic mass is 35.5. The lowest BCUT2D eigenvalue weighted by atomic mass is 10.1. The first-order valence-corrected chi connectivity index (χ1v) is 7.07. The van der Waals surface area contributed by atoms with Gasteiger partial charge in [0.25, 0.3) is 0 Å². The summed E-state index contributed by atoms with van der Waals surface area (Å²) in [5.41, 5.74) is 1.50. The molecule has 0 bridgehead atoms. The Bertz CT molecular complexity index is 447. The second-order valence-corrected chi connectivity index (χ2v) is 6.68. The molecule has 1 N–H and O–H groups in total. The molecule has 1 heterocycles. The van der Waals surface area contributed by atoms with E-state index >= 15 is 0 Å². The number of rotatable bonds is 3. The number of thioether (sulfide) groups is 1. The average molecular weight is 267 g/mol. The topological polar surface area (TPSA) is 35.8 Å². The van der Waals surface area contributed by atoms with Crippen molar-refractivity contribution >= 4 is 29.1 Å². The van der Waals surface area contributed by atoms with Crippen LogP contribution >= 0.6 is 23.4 Å². The maximum absolute atomic E-state index is 9.03. The minimum absolute atomic E-state index is 0.287. The highest BCUT2D eigenvalue weighted by molar-refractivity contribution is 8.00. The van der Waals surface area contributed by atoms with Crippen molar-refractivity contribution < 1.29 is 0 Å². The molecule has 0 radical (unpaired) electrons. The number of nitrogens with one attached hydrogen (secondary N) is 1. The van der Waals surface area contributed by atoms with Crippen molar-refractivity contribution in [3.05, 3.63) is 28.8 Å². The van der Waals surface area contributed by atoms with Crippen LogP contribution in [0.1, 0.15) is 25.3 Å². The molecule has 1 unspecified atom stereocenters. The van der Waals surface area contributed by atoms with Gasteiger partial charge in [-0.25, -0.2) is 0 Å². The SMILES string of the molecule is CC1(CNc2cc(Cl)ccc2C#N)CCCS1. The lowest BCUT2D eigenvalue weighted by Crippen LogP contribution is -2.27. The molecular weight excluding hydrogens is 252 g/mol. The van der Waals surface area contributed by atoms with Crippen molar-refractivity contribution in [1.29, 1.82) is 5.26 Å². The molecule has 90 valence electrons. The summed E-state index contributed by atoms with van der Waals surface area (Å²) in [5, 5.41) is 13.0. The van der Waals surface area contributed by atoms with Gasteiger partial charge < -0.3 is 5.32 Å². The molecule has 17 heavy (non-hydrogen) atoms. The molecule has 1 aromatic rings. The van der Waals surface area contributed by atoms with Gasteiger partial charge in [-0.15, -0.1) is 0 Å². The van der Waals surface area contributed by atoms with E-state index in [9.17, 15) is 0 Å². The number of anilines is 1. The Morgan fingerprint density at radius 2 is 2.41 bits per heavy atom. The number of halogens is 1. The summed E-state index contributed by atoms with van der Waals surface area (Å²) in [6.07, 6.45) is 2.51. The number of nitriles is 1. The Morgan fingerprint density at radius 1 is 1.59 bits per heavy atom. The van der Waals surface area contributed by atoms with Crippen LogP contribution in [0.4, 0.5) is 5.69 Å². The van der Waals surface area contributed by atoms with Gasteiger partial charge in [-0.1, -0.05) is 11.6 Å². The predicted octanol–water partition coefficient (Wildman–Crippen LogP) is 3.91. The fourth-order valence-electron chi connectivity index (χ4n) is 2.02. The zero-order valence-corrected chi connectivity index (χ0v) is 11.4. The summed E-state index contributed by atoms with van der Waals surface area (Å²) in [6.45, 7) is 3.15. The summed E-state index contributed by atoms with van der Waals surface area (Å²) >= 11 is 7.95. The molecule has 1 aromatic carbocycles. The van der Waals surface area contributed by atoms with Crippen molar-refractivity contribution in [2.75, 3.05) is 17.6 Å². The summed E-state index contributed by atoms with van der Waals surface area (Å²) in [4.78, 5) is 0. The average Bonchev–Trinajstić information content (AvgIpc) is 2.74. The maximum Gasteiger partial charge on any atom is 0.101 e. The van der Waals surface area contributed by atoms with Gasteiger partial charge in [0, 0.05) is 16.3 Å². The van der Waals surface area contributed by atoms with Crippen molar-refractivity contribution in [1.82, 2.24) is 0 Å². The first kappa shape index (κ1) is 12.6. The molecule has 4 heteroatoms. The molecule has 0 spiro atoms. The second kappa shape index (κ2) is 5.20. The van der Waals surface area contributed by atoms with E-state index in [2.05, 4.69) is 18.3 Å². The highest BCUT2D eigenvalue weighted by Gasteiger charge is 2.29. The zero-order chi connectivity index (χ0) is 12.3. The maximum atomic E-state index is 9.03. The van der Waals surface area contributed by atoms with Crippen LogP contribution in [-0.2, 0) is 0 Å². The van der Waals surface area contributed by atoms with Gasteiger partial charge in [-0.05, 0) is 43.7 Å². The lowest BCUT2D eigenvalue weighted by Gasteiger charge is -2.24. The zero-order valence-electron chi connectivity index (χ0n) is 9.79. The smallest absolute Gasteiger partial charge is 0.101 e. The van der Waals surface area contributed by atoms with E-state index in [4.69, 9.17) is 16.9 Å². The number of hydrogen-bond acceptors (Lipinski definition) is 3. The van der Waals surface area contributed by atoms with Gasteiger partial charge in [-0.2, -0.15) is 17.0 Å². The van der Waals surface area contributed by atoms with Crippen molar-refractivity contribution in [2.24, 2.45) is 0 Å². The molecule has 2 nitrogen and oxygen atoms in total. The molecule has 2 rings (SSSR count). The Balaban J connectivity index is 2.08. The fourth-order valence-corrected chi connectivity index (χ4v) is 3.44. The van der Waals surface area contributed by atoms with Crippen LogP contribution in [0.5, 0.6) is 0 Å². The normalized spacial score (nSPS) is 23.4. The molecule has 1 saturated heterocycles. The van der Waals surface area contributed by atoms with E-state index in [1.807, 2.05) is 17.8 Å². The van der Waals surface area contributed by atoms with Gasteiger partial charge in [0.1, 0.15) is 6.07 Å². The molecule has 0 amide bonds. The van der Waals surface area contributed by atoms with Crippen molar-refractivity contribution in [3.8, 4) is 6.07 Å². The highest BCUT2D eigenvalue weighted by Crippen LogP contribution is 2.38. The Labute approximate surface area is 111 Å². The molecular formula is C13H15ClN2S. The van der Waals surface area contributed by atoms with Crippen LogP contribution in [0.2, 0.25) is 5.02 Å². The van der Waals surface area contributed by atoms with Gasteiger partial charge in [0.05, 0.1) is 11.3 Å². The Morgan fingerprint density at radius 3 is 3.06 bits per heavy atom. The first-order valence-electron chi connectivity index (χ1n) is 5.70. The summed E-state index contributed by atoms with van der Waals surface area (Å²) in [6, 6.07) is 7.51. The predicted molar refractivity (Wildman–Crippen MR) is 74.8 cm³/mol. The van der Waals surface area contributed by atoms with Crippen LogP contribution in [-0.4, -0.2) is 17.0 Å². The number of hydrogen-bond donors (Lipinski definition) is 1. The molecule has 0 aliphatic carbocycles. The Hall–Kier alpha value is -0.850. The minimum atomic E-state index is 0.287. The first-order chi connectivity index (χ1) is 8.13. The summed E-state index contributed by atoms with van der Waals surface area (Å²) < 4.78 is 0.287. The number of benzene rings is 1. The van der Waals surface area contributed by atoms with Crippen LogP contribution in [0.25, 0.3) is 0 Å². The Kier molecular flexibility index (Phi) is 3.86. The summed E-state index contributed by atoms with van der Waals surface area (Å²) in [7, 11) is 0. The minimum Gasteiger partial charge on any atom is -0.383 e. The van der Waals surface area contributed by atoms with E-state index < -0.39 is 0 Å². The third kappa shape index (κ3) is 3.08. The quantitative estimate of drug-likeness (QED) is 0.901. The lowest BCUT2D eigenvalue weighted by molar-refractivity contribution is 0.635. The van der Waals surface area contributed by atoms with Gasteiger partial charge >= 0.3 is 0 Å². The van der Waals surface area contributed by atoms with E-state index in [1.54, 1.807) is 12.1 Å². The fraction of sp³-hybridized carbons (Fsp3) is 0.462. The number of nitrogens with zero attached hydrogens (tertiary/aromatic N) is 1. The van der Waals surface area contributed by atoms with E-state index in [0.717, 1.165) is 12.2 Å². The molecule has 1 aliphatic rings. The van der Waals surface area contributed by atoms with E-state index in [-0.39, 0.29) is 4.75 Å². The van der Waals surface area contributed by atoms with Crippen LogP contribution in [0.3, 0.4) is 0 Å². The van der Waals surface area contributed by atoms with E-state index in [0.29, 0.717) is 10.6 Å². The largest absolute Gasteiger partial charge is 0.383 e. The monoisotopic (exact) mass is 266 g/mol. The van der Waals surface area contributed by atoms with Crippen molar-refractivity contribution in [2.45, 2.75) is 24.5 Å². The van der Waals surface area contributed by atoms with Crippen LogP contribution in [0.15, 0.2) is 18.2 Å². The molecule has 0 aromatic heterocycles. The van der Waals surface area contributed by atoms with Gasteiger partial charge in [-0.3, -0.25) is 0 Å². The van der Waals surface area contributed by atoms with Gasteiger partial charge in [0.15, 0.2) is 0 Å². The van der Waals surface area contributed by atoms with Gasteiger partial charge in [0.2, 0.25) is 0 Å². The molecule has 1 aliphatic heterocycles. The second-order valence-electron chi connectivity index (χ2n) is 4.56. The third-order valence-corrected chi connectivity index (χ3v) is 4.83. The standard InChI is InChI=1S/C13H15ClN2S/c1-13(5-2-6-17-13)9-16-12-7-11(14)4-3-10(12)8-15/h3-4,7,16H,2,5-6,9H2,1H3. The molecule has 0 saturated carbocycles. The third-order valence-electron chi connectivity index (χ3n) is 3.06. The van der Waals surface area contributed by atoms with E-state index in [1.165, 1.54) is 18.6 Å². The molecule has 1 atom stereocenters. The van der Waals surface area contributed by atoms with Crippen LogP contribution < -0.4 is 5.32 Å².